The zero-order valence-electron chi connectivity index (χ0n) is 15.3. The van der Waals surface area contributed by atoms with Gasteiger partial charge in [-0.1, -0.05) is 20.3 Å². The molecule has 2 aliphatic rings. The Balaban J connectivity index is 0.00000288. The van der Waals surface area contributed by atoms with E-state index in [-0.39, 0.29) is 42.1 Å². The summed E-state index contributed by atoms with van der Waals surface area (Å²) in [4.78, 5) is 27.0. The molecule has 6 heteroatoms. The molecule has 1 unspecified atom stereocenters. The maximum Gasteiger partial charge on any atom is 0.226 e. The predicted molar refractivity (Wildman–Crippen MR) is 98.9 cm³/mol. The Labute approximate surface area is 152 Å². The van der Waals surface area contributed by atoms with Crippen LogP contribution < -0.4 is 11.1 Å². The van der Waals surface area contributed by atoms with Gasteiger partial charge >= 0.3 is 0 Å². The minimum Gasteiger partial charge on any atom is -0.353 e. The molecule has 3 atom stereocenters. The first kappa shape index (κ1) is 21.2. The summed E-state index contributed by atoms with van der Waals surface area (Å²) in [5.41, 5.74) is 5.80. The SMILES string of the molecule is CC(C)C(C)NC(=O)C1CCN(C(=O)[C@@H]2CCC[C@@H]2CN)CC1.Cl. The molecule has 0 aromatic heterocycles. The highest BCUT2D eigenvalue weighted by Gasteiger charge is 2.36. The van der Waals surface area contributed by atoms with Crippen LogP contribution in [0.2, 0.25) is 0 Å². The van der Waals surface area contributed by atoms with Gasteiger partial charge in [0.25, 0.3) is 0 Å². The molecule has 2 amide bonds. The molecule has 5 nitrogen and oxygen atoms in total. The van der Waals surface area contributed by atoms with Crippen LogP contribution in [-0.2, 0) is 9.59 Å². The van der Waals surface area contributed by atoms with Gasteiger partial charge in [-0.25, -0.2) is 0 Å². The number of hydrogen-bond acceptors (Lipinski definition) is 3. The van der Waals surface area contributed by atoms with Gasteiger partial charge in [0.15, 0.2) is 0 Å². The number of rotatable bonds is 5. The van der Waals surface area contributed by atoms with E-state index >= 15 is 0 Å². The molecule has 140 valence electrons. The first-order chi connectivity index (χ1) is 10.9. The zero-order valence-corrected chi connectivity index (χ0v) is 16.1. The first-order valence-electron chi connectivity index (χ1n) is 9.23. The van der Waals surface area contributed by atoms with Crippen LogP contribution in [0.3, 0.4) is 0 Å². The second kappa shape index (κ2) is 9.62. The number of piperidine rings is 1. The van der Waals surface area contributed by atoms with Crippen LogP contribution in [0.15, 0.2) is 0 Å². The van der Waals surface area contributed by atoms with Crippen LogP contribution in [0.1, 0.15) is 52.9 Å². The van der Waals surface area contributed by atoms with E-state index in [2.05, 4.69) is 19.2 Å². The maximum atomic E-state index is 12.7. The highest BCUT2D eigenvalue weighted by Crippen LogP contribution is 2.33. The van der Waals surface area contributed by atoms with Gasteiger partial charge in [0, 0.05) is 31.0 Å². The van der Waals surface area contributed by atoms with Gasteiger partial charge in [0.05, 0.1) is 0 Å². The van der Waals surface area contributed by atoms with Gasteiger partial charge < -0.3 is 16.0 Å². The highest BCUT2D eigenvalue weighted by atomic mass is 35.5. The number of nitrogens with two attached hydrogens (primary N) is 1. The zero-order chi connectivity index (χ0) is 17.0. The van der Waals surface area contributed by atoms with Crippen molar-refractivity contribution in [3.05, 3.63) is 0 Å². The van der Waals surface area contributed by atoms with Crippen molar-refractivity contribution < 1.29 is 9.59 Å². The standard InChI is InChI=1S/C18H33N3O2.ClH/c1-12(2)13(3)20-17(22)14-7-9-21(10-8-14)18(23)16-6-4-5-15(16)11-19;/h12-16H,4-11,19H2,1-3H3,(H,20,22);1H/t13?,15-,16-;/m1./s1. The van der Waals surface area contributed by atoms with Gasteiger partial charge in [-0.05, 0) is 51.0 Å². The molecule has 0 spiro atoms. The molecule has 1 saturated heterocycles. The third kappa shape index (κ3) is 5.09. The fourth-order valence-electron chi connectivity index (χ4n) is 3.75. The van der Waals surface area contributed by atoms with Crippen LogP contribution in [0.25, 0.3) is 0 Å². The monoisotopic (exact) mass is 359 g/mol. The highest BCUT2D eigenvalue weighted by molar-refractivity contribution is 5.85. The Bertz CT molecular complexity index is 422. The molecule has 0 aromatic rings. The lowest BCUT2D eigenvalue weighted by Crippen LogP contribution is -2.47. The molecule has 0 radical (unpaired) electrons. The van der Waals surface area contributed by atoms with E-state index < -0.39 is 0 Å². The van der Waals surface area contributed by atoms with E-state index in [4.69, 9.17) is 5.73 Å². The van der Waals surface area contributed by atoms with Gasteiger partial charge in [0.2, 0.25) is 11.8 Å². The van der Waals surface area contributed by atoms with Crippen molar-refractivity contribution in [2.45, 2.75) is 58.9 Å². The Kier molecular flexibility index (Phi) is 8.51. The summed E-state index contributed by atoms with van der Waals surface area (Å²) >= 11 is 0. The van der Waals surface area contributed by atoms with Crippen molar-refractivity contribution >= 4 is 24.2 Å². The Morgan fingerprint density at radius 2 is 1.75 bits per heavy atom. The van der Waals surface area contributed by atoms with E-state index in [1.165, 1.54) is 0 Å². The van der Waals surface area contributed by atoms with Gasteiger partial charge in [-0.2, -0.15) is 0 Å². The van der Waals surface area contributed by atoms with E-state index in [9.17, 15) is 9.59 Å². The van der Waals surface area contributed by atoms with Crippen LogP contribution in [-0.4, -0.2) is 42.4 Å². The lowest BCUT2D eigenvalue weighted by atomic mass is 9.91. The Morgan fingerprint density at radius 1 is 1.12 bits per heavy atom. The van der Waals surface area contributed by atoms with Crippen LogP contribution in [0.4, 0.5) is 0 Å². The second-order valence-corrected chi connectivity index (χ2v) is 7.67. The second-order valence-electron chi connectivity index (χ2n) is 7.67. The van der Waals surface area contributed by atoms with Crippen LogP contribution in [0, 0.1) is 23.7 Å². The number of likely N-dealkylation sites (tertiary alicyclic amines) is 1. The smallest absolute Gasteiger partial charge is 0.226 e. The fourth-order valence-corrected chi connectivity index (χ4v) is 3.75. The normalized spacial score (nSPS) is 26.1. The van der Waals surface area contributed by atoms with E-state index in [0.29, 0.717) is 31.5 Å². The number of carbonyl (C=O) groups excluding carboxylic acids is 2. The summed E-state index contributed by atoms with van der Waals surface area (Å²) < 4.78 is 0. The molecule has 1 aliphatic carbocycles. The molecule has 24 heavy (non-hydrogen) atoms. The molecular weight excluding hydrogens is 326 g/mol. The van der Waals surface area contributed by atoms with Gasteiger partial charge in [0.1, 0.15) is 0 Å². The number of carbonyl (C=O) groups is 2. The summed E-state index contributed by atoms with van der Waals surface area (Å²) in [6.07, 6.45) is 4.74. The molecule has 3 N–H and O–H groups in total. The summed E-state index contributed by atoms with van der Waals surface area (Å²) in [7, 11) is 0. The maximum absolute atomic E-state index is 12.7. The summed E-state index contributed by atoms with van der Waals surface area (Å²) in [6.45, 7) is 8.31. The number of nitrogens with one attached hydrogen (secondary N) is 1. The van der Waals surface area contributed by atoms with Crippen molar-refractivity contribution in [2.75, 3.05) is 19.6 Å². The van der Waals surface area contributed by atoms with Crippen molar-refractivity contribution in [3.63, 3.8) is 0 Å². The molecular formula is C18H34ClN3O2. The Hall–Kier alpha value is -0.810. The van der Waals surface area contributed by atoms with E-state index in [0.717, 1.165) is 32.1 Å². The molecule has 0 aromatic carbocycles. The summed E-state index contributed by atoms with van der Waals surface area (Å²) in [5, 5.41) is 3.11. The number of hydrogen-bond donors (Lipinski definition) is 2. The minimum absolute atomic E-state index is 0. The fraction of sp³-hybridized carbons (Fsp3) is 0.889. The average Bonchev–Trinajstić information content (AvgIpc) is 3.02. The van der Waals surface area contributed by atoms with E-state index in [1.54, 1.807) is 0 Å². The average molecular weight is 360 g/mol. The third-order valence-electron chi connectivity index (χ3n) is 5.83. The molecule has 1 saturated carbocycles. The topological polar surface area (TPSA) is 75.4 Å². The number of halogens is 1. The van der Waals surface area contributed by atoms with Crippen molar-refractivity contribution in [1.29, 1.82) is 0 Å². The summed E-state index contributed by atoms with van der Waals surface area (Å²) in [5.74, 6) is 1.39. The molecule has 2 rings (SSSR count). The lowest BCUT2D eigenvalue weighted by molar-refractivity contribution is -0.140. The molecule has 1 aliphatic heterocycles. The van der Waals surface area contributed by atoms with E-state index in [1.807, 2.05) is 11.8 Å². The lowest BCUT2D eigenvalue weighted by Gasteiger charge is -2.34. The largest absolute Gasteiger partial charge is 0.353 e. The quantitative estimate of drug-likeness (QED) is 0.790. The molecule has 0 bridgehead atoms. The first-order valence-corrected chi connectivity index (χ1v) is 9.23. The predicted octanol–water partition coefficient (Wildman–Crippen LogP) is 2.18. The van der Waals surface area contributed by atoms with Crippen molar-refractivity contribution in [3.8, 4) is 0 Å². The van der Waals surface area contributed by atoms with Crippen molar-refractivity contribution in [2.24, 2.45) is 29.4 Å². The van der Waals surface area contributed by atoms with Gasteiger partial charge in [-0.3, -0.25) is 9.59 Å². The minimum atomic E-state index is 0. The number of nitrogens with zero attached hydrogens (tertiary/aromatic N) is 1. The summed E-state index contributed by atoms with van der Waals surface area (Å²) in [6, 6.07) is 0.200. The number of amides is 2. The third-order valence-corrected chi connectivity index (χ3v) is 5.83. The van der Waals surface area contributed by atoms with Crippen LogP contribution in [0.5, 0.6) is 0 Å². The molecule has 2 fully saturated rings. The Morgan fingerprint density at radius 3 is 2.29 bits per heavy atom. The van der Waals surface area contributed by atoms with Gasteiger partial charge in [-0.15, -0.1) is 12.4 Å². The van der Waals surface area contributed by atoms with Crippen LogP contribution >= 0.6 is 12.4 Å². The molecule has 1 heterocycles. The van der Waals surface area contributed by atoms with Crippen molar-refractivity contribution in [1.82, 2.24) is 10.2 Å².